The predicted molar refractivity (Wildman–Crippen MR) is 121 cm³/mol. The lowest BCUT2D eigenvalue weighted by molar-refractivity contribution is -0.136. The van der Waals surface area contributed by atoms with Crippen molar-refractivity contribution in [3.8, 4) is 5.75 Å². The summed E-state index contributed by atoms with van der Waals surface area (Å²) >= 11 is 6.10. The molecule has 1 heterocycles. The van der Waals surface area contributed by atoms with E-state index in [1.807, 2.05) is 30.3 Å². The third kappa shape index (κ3) is 5.79. The number of hydrogen-bond acceptors (Lipinski definition) is 5. The quantitative estimate of drug-likeness (QED) is 0.600. The molecule has 0 aromatic heterocycles. The highest BCUT2D eigenvalue weighted by Crippen LogP contribution is 2.27. The molecule has 1 saturated heterocycles. The summed E-state index contributed by atoms with van der Waals surface area (Å²) in [6.07, 6.45) is 1.10. The van der Waals surface area contributed by atoms with Crippen LogP contribution < -0.4 is 15.2 Å². The monoisotopic (exact) mass is 479 g/mol. The zero-order valence-corrected chi connectivity index (χ0v) is 19.2. The van der Waals surface area contributed by atoms with E-state index in [1.165, 1.54) is 25.3 Å². The van der Waals surface area contributed by atoms with Crippen LogP contribution >= 0.6 is 11.6 Å². The molecule has 10 heteroatoms. The summed E-state index contributed by atoms with van der Waals surface area (Å²) in [5, 5.41) is 0.148. The molecule has 0 aliphatic carbocycles. The van der Waals surface area contributed by atoms with Gasteiger partial charge in [0.25, 0.3) is 0 Å². The van der Waals surface area contributed by atoms with Crippen molar-refractivity contribution in [2.24, 2.45) is 11.7 Å². The standard InChI is InChI=1S/C22H26ClN3O5S/c1-31-20-8-7-17(14-18(20)23)32(29,30)25-19(13-15-5-3-2-4-6-15)22(28)26-11-9-16(10-12-26)21(24)27/h2-8,14,16,19,25H,9-13H2,1H3,(H2,24,27)/t19-/m1/s1. The molecule has 0 bridgehead atoms. The number of benzene rings is 2. The molecule has 2 aromatic rings. The normalized spacial score (nSPS) is 15.9. The van der Waals surface area contributed by atoms with Crippen molar-refractivity contribution < 1.29 is 22.7 Å². The van der Waals surface area contributed by atoms with Gasteiger partial charge in [-0.2, -0.15) is 4.72 Å². The van der Waals surface area contributed by atoms with Crippen LogP contribution in [0.4, 0.5) is 0 Å². The lowest BCUT2D eigenvalue weighted by Gasteiger charge is -2.33. The number of amides is 2. The van der Waals surface area contributed by atoms with E-state index in [2.05, 4.69) is 4.72 Å². The Morgan fingerprint density at radius 3 is 2.41 bits per heavy atom. The summed E-state index contributed by atoms with van der Waals surface area (Å²) in [7, 11) is -2.61. The number of carbonyl (C=O) groups is 2. The van der Waals surface area contributed by atoms with E-state index >= 15 is 0 Å². The molecule has 1 atom stereocenters. The van der Waals surface area contributed by atoms with Crippen LogP contribution in [0.15, 0.2) is 53.4 Å². The number of halogens is 1. The fourth-order valence-corrected chi connectivity index (χ4v) is 5.24. The molecule has 0 radical (unpaired) electrons. The lowest BCUT2D eigenvalue weighted by Crippen LogP contribution is -2.52. The van der Waals surface area contributed by atoms with Gasteiger partial charge in [-0.25, -0.2) is 8.42 Å². The Hall–Kier alpha value is -2.62. The van der Waals surface area contributed by atoms with Gasteiger partial charge in [0.2, 0.25) is 21.8 Å². The highest BCUT2D eigenvalue weighted by molar-refractivity contribution is 7.89. The molecule has 1 aliphatic rings. The number of hydrogen-bond donors (Lipinski definition) is 2. The fraction of sp³-hybridized carbons (Fsp3) is 0.364. The van der Waals surface area contributed by atoms with Crippen molar-refractivity contribution in [3.05, 3.63) is 59.1 Å². The molecule has 32 heavy (non-hydrogen) atoms. The first-order chi connectivity index (χ1) is 15.2. The van der Waals surface area contributed by atoms with Gasteiger partial charge in [0.15, 0.2) is 0 Å². The number of methoxy groups -OCH3 is 1. The summed E-state index contributed by atoms with van der Waals surface area (Å²) in [6, 6.07) is 12.3. The first-order valence-electron chi connectivity index (χ1n) is 10.2. The van der Waals surface area contributed by atoms with Gasteiger partial charge in [-0.05, 0) is 43.0 Å². The van der Waals surface area contributed by atoms with Crippen LogP contribution in [0.2, 0.25) is 5.02 Å². The van der Waals surface area contributed by atoms with E-state index in [1.54, 1.807) is 4.90 Å². The molecule has 1 aliphatic heterocycles. The van der Waals surface area contributed by atoms with Gasteiger partial charge in [0, 0.05) is 19.0 Å². The van der Waals surface area contributed by atoms with E-state index in [0.29, 0.717) is 31.7 Å². The predicted octanol–water partition coefficient (Wildman–Crippen LogP) is 1.96. The van der Waals surface area contributed by atoms with E-state index in [0.717, 1.165) is 5.56 Å². The first-order valence-corrected chi connectivity index (χ1v) is 12.1. The van der Waals surface area contributed by atoms with Gasteiger partial charge < -0.3 is 15.4 Å². The highest BCUT2D eigenvalue weighted by atomic mass is 35.5. The van der Waals surface area contributed by atoms with Crippen LogP contribution in [0.5, 0.6) is 5.75 Å². The minimum atomic E-state index is -4.05. The third-order valence-electron chi connectivity index (χ3n) is 5.52. The number of likely N-dealkylation sites (tertiary alicyclic amines) is 1. The van der Waals surface area contributed by atoms with Gasteiger partial charge in [-0.15, -0.1) is 0 Å². The van der Waals surface area contributed by atoms with E-state index in [4.69, 9.17) is 22.1 Å². The van der Waals surface area contributed by atoms with Crippen LogP contribution in [0.3, 0.4) is 0 Å². The maximum absolute atomic E-state index is 13.3. The van der Waals surface area contributed by atoms with Gasteiger partial charge in [-0.3, -0.25) is 9.59 Å². The molecule has 3 N–H and O–H groups in total. The molecule has 2 aromatic carbocycles. The minimum absolute atomic E-state index is 0.0680. The molecular weight excluding hydrogens is 454 g/mol. The van der Waals surface area contributed by atoms with E-state index < -0.39 is 16.1 Å². The Balaban J connectivity index is 1.83. The second-order valence-electron chi connectivity index (χ2n) is 7.66. The van der Waals surface area contributed by atoms with Crippen LogP contribution in [0, 0.1) is 5.92 Å². The highest BCUT2D eigenvalue weighted by Gasteiger charge is 2.33. The minimum Gasteiger partial charge on any atom is -0.495 e. The van der Waals surface area contributed by atoms with Crippen molar-refractivity contribution >= 4 is 33.4 Å². The summed E-state index contributed by atoms with van der Waals surface area (Å²) in [5.74, 6) is -0.653. The fourth-order valence-electron chi connectivity index (χ4n) is 3.70. The van der Waals surface area contributed by atoms with Gasteiger partial charge in [0.05, 0.1) is 17.0 Å². The summed E-state index contributed by atoms with van der Waals surface area (Å²) in [4.78, 5) is 26.2. The number of ether oxygens (including phenoxy) is 1. The topological polar surface area (TPSA) is 119 Å². The average Bonchev–Trinajstić information content (AvgIpc) is 2.78. The summed E-state index contributed by atoms with van der Waals surface area (Å²) in [6.45, 7) is 0.682. The van der Waals surface area contributed by atoms with Crippen molar-refractivity contribution in [1.29, 1.82) is 0 Å². The number of sulfonamides is 1. The van der Waals surface area contributed by atoms with E-state index in [9.17, 15) is 18.0 Å². The molecular formula is C22H26ClN3O5S. The Morgan fingerprint density at radius 1 is 1.19 bits per heavy atom. The van der Waals surface area contributed by atoms with E-state index in [-0.39, 0.29) is 34.1 Å². The van der Waals surface area contributed by atoms with Crippen LogP contribution in [0.1, 0.15) is 18.4 Å². The SMILES string of the molecule is COc1ccc(S(=O)(=O)N[C@H](Cc2ccccc2)C(=O)N2CCC(C(N)=O)CC2)cc1Cl. The number of nitrogens with two attached hydrogens (primary N) is 1. The first kappa shape index (κ1) is 24.0. The van der Waals surface area contributed by atoms with Crippen molar-refractivity contribution in [2.75, 3.05) is 20.2 Å². The number of primary amides is 1. The van der Waals surface area contributed by atoms with Crippen LogP contribution in [-0.2, 0) is 26.0 Å². The van der Waals surface area contributed by atoms with Crippen LogP contribution in [-0.4, -0.2) is 51.4 Å². The van der Waals surface area contributed by atoms with Crippen molar-refractivity contribution in [2.45, 2.75) is 30.2 Å². The Bertz CT molecular complexity index is 1070. The molecule has 0 saturated carbocycles. The van der Waals surface area contributed by atoms with Gasteiger partial charge in [0.1, 0.15) is 11.8 Å². The lowest BCUT2D eigenvalue weighted by atomic mass is 9.95. The largest absolute Gasteiger partial charge is 0.495 e. The zero-order valence-electron chi connectivity index (χ0n) is 17.7. The number of carbonyl (C=O) groups excluding carboxylic acids is 2. The number of nitrogens with one attached hydrogen (secondary N) is 1. The third-order valence-corrected chi connectivity index (χ3v) is 7.29. The van der Waals surface area contributed by atoms with Crippen molar-refractivity contribution in [3.63, 3.8) is 0 Å². The Morgan fingerprint density at radius 2 is 1.84 bits per heavy atom. The van der Waals surface area contributed by atoms with Gasteiger partial charge >= 0.3 is 0 Å². The number of piperidine rings is 1. The van der Waals surface area contributed by atoms with Gasteiger partial charge in [-0.1, -0.05) is 41.9 Å². The molecule has 172 valence electrons. The number of rotatable bonds is 8. The summed E-state index contributed by atoms with van der Waals surface area (Å²) in [5.41, 5.74) is 6.19. The maximum atomic E-state index is 13.3. The van der Waals surface area contributed by atoms with Crippen molar-refractivity contribution in [1.82, 2.24) is 9.62 Å². The molecule has 0 spiro atoms. The molecule has 0 unspecified atom stereocenters. The summed E-state index contributed by atoms with van der Waals surface area (Å²) < 4.78 is 33.8. The zero-order chi connectivity index (χ0) is 23.3. The molecule has 2 amide bonds. The maximum Gasteiger partial charge on any atom is 0.241 e. The Labute approximate surface area is 192 Å². The van der Waals surface area contributed by atoms with Crippen LogP contribution in [0.25, 0.3) is 0 Å². The number of nitrogens with zero attached hydrogens (tertiary/aromatic N) is 1. The smallest absolute Gasteiger partial charge is 0.241 e. The Kier molecular flexibility index (Phi) is 7.76. The second-order valence-corrected chi connectivity index (χ2v) is 9.78. The molecule has 1 fully saturated rings. The second kappa shape index (κ2) is 10.3. The molecule has 8 nitrogen and oxygen atoms in total. The molecule has 3 rings (SSSR count). The average molecular weight is 480 g/mol.